The number of H-pyrrole nitrogens is 1. The molecule has 1 aromatic heterocycles. The molecule has 4 rings (SSSR count). The second-order valence-electron chi connectivity index (χ2n) is 8.06. The number of carbonyl (C=O) groups excluding carboxylic acids is 2. The highest BCUT2D eigenvalue weighted by molar-refractivity contribution is 8.14. The SMILES string of the molecule is CC(C)NC(=O)c1ccccc1NC(=O)NC1=NC2CCN(c3cc[nH]c(=O)c3)CC2S1. The molecule has 2 aliphatic rings. The van der Waals surface area contributed by atoms with E-state index in [1.165, 1.54) is 11.8 Å². The number of carbonyl (C=O) groups is 2. The highest BCUT2D eigenvalue weighted by Gasteiger charge is 2.36. The standard InChI is InChI=1S/C22H26N6O3S/c1-13(2)24-20(30)15-5-3-4-6-16(15)25-21(31)27-22-26-17-8-10-28(12-18(17)32-22)14-7-9-23-19(29)11-14/h3-7,9,11,13,17-18H,8,10,12H2,1-2H3,(H,23,29)(H,24,30)(H2,25,26,27,31). The van der Waals surface area contributed by atoms with Crippen LogP contribution in [0.3, 0.4) is 0 Å². The quantitative estimate of drug-likeness (QED) is 0.566. The Morgan fingerprint density at radius 2 is 2.03 bits per heavy atom. The fraction of sp³-hybridized carbons (Fsp3) is 0.364. The summed E-state index contributed by atoms with van der Waals surface area (Å²) in [6, 6.07) is 10.1. The lowest BCUT2D eigenvalue weighted by Crippen LogP contribution is -2.43. The minimum atomic E-state index is -0.439. The summed E-state index contributed by atoms with van der Waals surface area (Å²) in [5.41, 5.74) is 1.61. The Morgan fingerprint density at radius 3 is 2.81 bits per heavy atom. The first-order valence-electron chi connectivity index (χ1n) is 10.5. The first-order chi connectivity index (χ1) is 15.4. The Hall–Kier alpha value is -3.27. The molecule has 0 bridgehead atoms. The third kappa shape index (κ3) is 5.13. The lowest BCUT2D eigenvalue weighted by atomic mass is 10.0. The van der Waals surface area contributed by atoms with Crippen molar-refractivity contribution >= 4 is 40.2 Å². The molecule has 1 aromatic carbocycles. The average molecular weight is 455 g/mol. The van der Waals surface area contributed by atoms with Gasteiger partial charge in [-0.05, 0) is 38.5 Å². The number of aromatic nitrogens is 1. The van der Waals surface area contributed by atoms with Gasteiger partial charge < -0.3 is 20.5 Å². The van der Waals surface area contributed by atoms with Gasteiger partial charge in [-0.15, -0.1) is 0 Å². The molecule has 1 saturated heterocycles. The molecule has 2 unspecified atom stereocenters. The maximum atomic E-state index is 12.6. The molecule has 3 amide bonds. The molecule has 0 spiro atoms. The Morgan fingerprint density at radius 1 is 1.22 bits per heavy atom. The van der Waals surface area contributed by atoms with Crippen LogP contribution in [-0.4, -0.2) is 52.5 Å². The van der Waals surface area contributed by atoms with Crippen molar-refractivity contribution in [1.82, 2.24) is 15.6 Å². The highest BCUT2D eigenvalue weighted by atomic mass is 32.2. The first kappa shape index (κ1) is 21.9. The molecule has 1 fully saturated rings. The molecule has 0 aliphatic carbocycles. The number of aliphatic imine (C=N–C) groups is 1. The van der Waals surface area contributed by atoms with Crippen molar-refractivity contribution in [2.24, 2.45) is 4.99 Å². The summed E-state index contributed by atoms with van der Waals surface area (Å²) in [4.78, 5) is 46.1. The van der Waals surface area contributed by atoms with Gasteiger partial charge in [0.2, 0.25) is 5.56 Å². The van der Waals surface area contributed by atoms with Crippen LogP contribution in [0, 0.1) is 0 Å². The number of nitrogens with one attached hydrogen (secondary N) is 4. The second-order valence-corrected chi connectivity index (χ2v) is 9.28. The number of benzene rings is 1. The average Bonchev–Trinajstić information content (AvgIpc) is 3.14. The zero-order valence-electron chi connectivity index (χ0n) is 17.9. The Balaban J connectivity index is 1.36. The molecule has 0 radical (unpaired) electrons. The van der Waals surface area contributed by atoms with Gasteiger partial charge in [0.1, 0.15) is 0 Å². The largest absolute Gasteiger partial charge is 0.370 e. The van der Waals surface area contributed by atoms with Gasteiger partial charge in [0, 0.05) is 37.1 Å². The fourth-order valence-corrected chi connectivity index (χ4v) is 5.04. The number of amidine groups is 1. The van der Waals surface area contributed by atoms with E-state index in [0.717, 1.165) is 25.2 Å². The lowest BCUT2D eigenvalue weighted by Gasteiger charge is -2.34. The number of piperidine rings is 1. The summed E-state index contributed by atoms with van der Waals surface area (Å²) in [6.07, 6.45) is 2.49. The third-order valence-electron chi connectivity index (χ3n) is 5.25. The smallest absolute Gasteiger partial charge is 0.325 e. The summed E-state index contributed by atoms with van der Waals surface area (Å²) in [5, 5.41) is 9.17. The van der Waals surface area contributed by atoms with Crippen molar-refractivity contribution in [3.8, 4) is 0 Å². The van der Waals surface area contributed by atoms with Crippen LogP contribution in [0.25, 0.3) is 0 Å². The number of pyridine rings is 1. The van der Waals surface area contributed by atoms with Gasteiger partial charge in [0.05, 0.1) is 22.5 Å². The molecular weight excluding hydrogens is 428 g/mol. The maximum absolute atomic E-state index is 12.6. The summed E-state index contributed by atoms with van der Waals surface area (Å²) >= 11 is 1.53. The van der Waals surface area contributed by atoms with E-state index in [1.54, 1.807) is 36.5 Å². The predicted molar refractivity (Wildman–Crippen MR) is 128 cm³/mol. The van der Waals surface area contributed by atoms with Gasteiger partial charge in [-0.3, -0.25) is 19.9 Å². The van der Waals surface area contributed by atoms with E-state index in [4.69, 9.17) is 0 Å². The van der Waals surface area contributed by atoms with E-state index >= 15 is 0 Å². The van der Waals surface area contributed by atoms with Crippen molar-refractivity contribution in [1.29, 1.82) is 0 Å². The van der Waals surface area contributed by atoms with Gasteiger partial charge in [0.15, 0.2) is 5.17 Å². The van der Waals surface area contributed by atoms with E-state index in [1.807, 2.05) is 19.9 Å². The number of hydrogen-bond acceptors (Lipinski definition) is 6. The molecule has 2 aliphatic heterocycles. The zero-order chi connectivity index (χ0) is 22.7. The predicted octanol–water partition coefficient (Wildman–Crippen LogP) is 2.38. The van der Waals surface area contributed by atoms with Crippen molar-refractivity contribution < 1.29 is 9.59 Å². The number of urea groups is 1. The highest BCUT2D eigenvalue weighted by Crippen LogP contribution is 2.33. The number of amides is 3. The number of aromatic amines is 1. The van der Waals surface area contributed by atoms with E-state index < -0.39 is 6.03 Å². The number of hydrogen-bond donors (Lipinski definition) is 4. The number of fused-ring (bicyclic) bond motifs is 1. The van der Waals surface area contributed by atoms with Crippen LogP contribution in [0.15, 0.2) is 52.4 Å². The van der Waals surface area contributed by atoms with Gasteiger partial charge in [-0.2, -0.15) is 0 Å². The number of rotatable bonds is 4. The summed E-state index contributed by atoms with van der Waals surface area (Å²) in [7, 11) is 0. The van der Waals surface area contributed by atoms with Gasteiger partial charge >= 0.3 is 6.03 Å². The summed E-state index contributed by atoms with van der Waals surface area (Å²) < 4.78 is 0. The van der Waals surface area contributed by atoms with E-state index in [-0.39, 0.29) is 28.8 Å². The normalized spacial score (nSPS) is 19.8. The third-order valence-corrected chi connectivity index (χ3v) is 6.45. The van der Waals surface area contributed by atoms with Crippen LogP contribution >= 0.6 is 11.8 Å². The molecule has 0 saturated carbocycles. The Kier molecular flexibility index (Phi) is 6.50. The molecule has 168 valence electrons. The lowest BCUT2D eigenvalue weighted by molar-refractivity contribution is 0.0944. The molecule has 3 heterocycles. The van der Waals surface area contributed by atoms with Crippen LogP contribution < -0.4 is 26.4 Å². The van der Waals surface area contributed by atoms with Crippen molar-refractivity contribution in [3.05, 3.63) is 58.5 Å². The fourth-order valence-electron chi connectivity index (χ4n) is 3.80. The van der Waals surface area contributed by atoms with Gasteiger partial charge in [-0.25, -0.2) is 4.79 Å². The number of para-hydroxylation sites is 1. The van der Waals surface area contributed by atoms with Crippen molar-refractivity contribution in [2.45, 2.75) is 37.6 Å². The summed E-state index contributed by atoms with van der Waals surface area (Å²) in [6.45, 7) is 5.30. The Bertz CT molecular complexity index is 1100. The minimum Gasteiger partial charge on any atom is -0.370 e. The van der Waals surface area contributed by atoms with Crippen molar-refractivity contribution in [3.63, 3.8) is 0 Å². The minimum absolute atomic E-state index is 0.00853. The molecule has 2 atom stereocenters. The molecule has 2 aromatic rings. The van der Waals surface area contributed by atoms with Crippen LogP contribution in [0.2, 0.25) is 0 Å². The van der Waals surface area contributed by atoms with Gasteiger partial charge in [0.25, 0.3) is 5.91 Å². The second kappa shape index (κ2) is 9.47. The molecule has 4 N–H and O–H groups in total. The zero-order valence-corrected chi connectivity index (χ0v) is 18.7. The van der Waals surface area contributed by atoms with Crippen LogP contribution in [-0.2, 0) is 0 Å². The maximum Gasteiger partial charge on any atom is 0.325 e. The number of anilines is 2. The number of thioether (sulfide) groups is 1. The van der Waals surface area contributed by atoms with E-state index in [9.17, 15) is 14.4 Å². The summed E-state index contributed by atoms with van der Waals surface area (Å²) in [5.74, 6) is -0.241. The van der Waals surface area contributed by atoms with Crippen LogP contribution in [0.1, 0.15) is 30.6 Å². The van der Waals surface area contributed by atoms with E-state index in [0.29, 0.717) is 16.4 Å². The number of nitrogens with zero attached hydrogens (tertiary/aromatic N) is 2. The molecule has 10 heteroatoms. The first-order valence-corrected chi connectivity index (χ1v) is 11.4. The monoisotopic (exact) mass is 454 g/mol. The van der Waals surface area contributed by atoms with Crippen LogP contribution in [0.4, 0.5) is 16.2 Å². The van der Waals surface area contributed by atoms with Crippen molar-refractivity contribution in [2.75, 3.05) is 23.3 Å². The van der Waals surface area contributed by atoms with Crippen LogP contribution in [0.5, 0.6) is 0 Å². The Labute approximate surface area is 190 Å². The molecule has 32 heavy (non-hydrogen) atoms. The topological polar surface area (TPSA) is 119 Å². The molecular formula is C22H26N6O3S. The van der Waals surface area contributed by atoms with E-state index in [2.05, 4.69) is 30.8 Å². The van der Waals surface area contributed by atoms with Gasteiger partial charge in [-0.1, -0.05) is 23.9 Å². The molecule has 9 nitrogen and oxygen atoms in total.